The number of hydrogen-bond acceptors (Lipinski definition) is 6. The lowest BCUT2D eigenvalue weighted by Crippen LogP contribution is -2.30. The highest BCUT2D eigenvalue weighted by Gasteiger charge is 2.19. The standard InChI is InChI=1S/C21H20ClN3O4/c1-13-3-5-15(6-4-13)20-24-18(29-25-20)11-12-19(26)28-14(2)21(27)23-17-9-7-16(22)8-10-17/h3-10,14H,11-12H2,1-2H3,(H,23,27). The molecule has 1 heterocycles. The second kappa shape index (κ2) is 9.34. The van der Waals surface area contributed by atoms with Gasteiger partial charge in [0.25, 0.3) is 5.91 Å². The van der Waals surface area contributed by atoms with Gasteiger partial charge in [-0.15, -0.1) is 0 Å². The predicted molar refractivity (Wildman–Crippen MR) is 108 cm³/mol. The summed E-state index contributed by atoms with van der Waals surface area (Å²) in [4.78, 5) is 28.4. The van der Waals surface area contributed by atoms with Crippen LogP contribution in [0.5, 0.6) is 0 Å². The first kappa shape index (κ1) is 20.5. The third kappa shape index (κ3) is 5.89. The number of nitrogens with zero attached hydrogens (tertiary/aromatic N) is 2. The van der Waals surface area contributed by atoms with Crippen molar-refractivity contribution in [1.82, 2.24) is 10.1 Å². The number of aromatic nitrogens is 2. The van der Waals surface area contributed by atoms with Crippen molar-refractivity contribution in [3.63, 3.8) is 0 Å². The van der Waals surface area contributed by atoms with E-state index in [2.05, 4.69) is 15.5 Å². The Bertz CT molecular complexity index is 984. The number of carbonyl (C=O) groups is 2. The average Bonchev–Trinajstić information content (AvgIpc) is 3.17. The summed E-state index contributed by atoms with van der Waals surface area (Å²) in [6.07, 6.45) is -0.693. The average molecular weight is 414 g/mol. The summed E-state index contributed by atoms with van der Waals surface area (Å²) in [5.41, 5.74) is 2.53. The fraction of sp³-hybridized carbons (Fsp3) is 0.238. The van der Waals surface area contributed by atoms with E-state index in [1.165, 1.54) is 6.92 Å². The summed E-state index contributed by atoms with van der Waals surface area (Å²) in [6, 6.07) is 14.4. The number of amides is 1. The summed E-state index contributed by atoms with van der Waals surface area (Å²) in [5.74, 6) is -0.168. The molecule has 7 nitrogen and oxygen atoms in total. The largest absolute Gasteiger partial charge is 0.453 e. The molecule has 1 amide bonds. The molecule has 0 aliphatic heterocycles. The Morgan fingerprint density at radius 3 is 2.52 bits per heavy atom. The van der Waals surface area contributed by atoms with E-state index in [1.54, 1.807) is 24.3 Å². The molecule has 150 valence electrons. The van der Waals surface area contributed by atoms with Gasteiger partial charge >= 0.3 is 5.97 Å². The van der Waals surface area contributed by atoms with Crippen LogP contribution in [0.25, 0.3) is 11.4 Å². The maximum absolute atomic E-state index is 12.1. The van der Waals surface area contributed by atoms with Gasteiger partial charge in [0.2, 0.25) is 11.7 Å². The van der Waals surface area contributed by atoms with Crippen molar-refractivity contribution in [3.8, 4) is 11.4 Å². The second-order valence-electron chi connectivity index (χ2n) is 6.51. The van der Waals surface area contributed by atoms with Crippen LogP contribution < -0.4 is 5.32 Å². The van der Waals surface area contributed by atoms with Gasteiger partial charge < -0.3 is 14.6 Å². The molecule has 1 N–H and O–H groups in total. The molecular formula is C21H20ClN3O4. The normalized spacial score (nSPS) is 11.7. The number of rotatable bonds is 7. The van der Waals surface area contributed by atoms with Crippen LogP contribution >= 0.6 is 11.6 Å². The number of anilines is 1. The molecule has 0 radical (unpaired) electrons. The second-order valence-corrected chi connectivity index (χ2v) is 6.94. The molecule has 8 heteroatoms. The molecule has 29 heavy (non-hydrogen) atoms. The van der Waals surface area contributed by atoms with E-state index in [9.17, 15) is 9.59 Å². The van der Waals surface area contributed by atoms with Crippen LogP contribution in [-0.2, 0) is 20.7 Å². The summed E-state index contributed by atoms with van der Waals surface area (Å²) < 4.78 is 10.3. The first-order valence-electron chi connectivity index (χ1n) is 9.06. The molecule has 1 atom stereocenters. The van der Waals surface area contributed by atoms with Crippen molar-refractivity contribution in [2.24, 2.45) is 0 Å². The fourth-order valence-electron chi connectivity index (χ4n) is 2.47. The minimum atomic E-state index is -0.941. The number of ether oxygens (including phenoxy) is 1. The lowest BCUT2D eigenvalue weighted by atomic mass is 10.1. The molecule has 0 aliphatic rings. The number of benzene rings is 2. The molecule has 0 fully saturated rings. The molecule has 3 rings (SSSR count). The lowest BCUT2D eigenvalue weighted by molar-refractivity contribution is -0.153. The number of halogens is 1. The van der Waals surface area contributed by atoms with Gasteiger partial charge in [0.15, 0.2) is 6.10 Å². The number of nitrogens with one attached hydrogen (secondary N) is 1. The number of aryl methyl sites for hydroxylation is 2. The Balaban J connectivity index is 1.47. The minimum Gasteiger partial charge on any atom is -0.453 e. The Kier molecular flexibility index (Phi) is 6.61. The summed E-state index contributed by atoms with van der Waals surface area (Å²) >= 11 is 5.81. The lowest BCUT2D eigenvalue weighted by Gasteiger charge is -2.13. The first-order chi connectivity index (χ1) is 13.9. The predicted octanol–water partition coefficient (Wildman–Crippen LogP) is 4.20. The smallest absolute Gasteiger partial charge is 0.307 e. The first-order valence-corrected chi connectivity index (χ1v) is 9.44. The zero-order valence-corrected chi connectivity index (χ0v) is 16.8. The van der Waals surface area contributed by atoms with Crippen molar-refractivity contribution >= 4 is 29.2 Å². The van der Waals surface area contributed by atoms with E-state index in [1.807, 2.05) is 31.2 Å². The van der Waals surface area contributed by atoms with Gasteiger partial charge in [-0.2, -0.15) is 4.98 Å². The topological polar surface area (TPSA) is 94.3 Å². The zero-order valence-electron chi connectivity index (χ0n) is 16.0. The van der Waals surface area contributed by atoms with Crippen LogP contribution in [-0.4, -0.2) is 28.1 Å². The molecular weight excluding hydrogens is 394 g/mol. The van der Waals surface area contributed by atoms with Crippen LogP contribution in [0.2, 0.25) is 5.02 Å². The van der Waals surface area contributed by atoms with Crippen LogP contribution in [0.3, 0.4) is 0 Å². The number of hydrogen-bond donors (Lipinski definition) is 1. The third-order valence-electron chi connectivity index (χ3n) is 4.11. The summed E-state index contributed by atoms with van der Waals surface area (Å²) in [6.45, 7) is 3.50. The Labute approximate surface area is 173 Å². The zero-order chi connectivity index (χ0) is 20.8. The van der Waals surface area contributed by atoms with Crippen molar-refractivity contribution < 1.29 is 18.8 Å². The van der Waals surface area contributed by atoms with E-state index >= 15 is 0 Å². The Morgan fingerprint density at radius 2 is 1.83 bits per heavy atom. The molecule has 0 bridgehead atoms. The van der Waals surface area contributed by atoms with Crippen molar-refractivity contribution in [2.75, 3.05) is 5.32 Å². The molecule has 0 saturated carbocycles. The van der Waals surface area contributed by atoms with Crippen molar-refractivity contribution in [2.45, 2.75) is 32.8 Å². The molecule has 0 aliphatic carbocycles. The van der Waals surface area contributed by atoms with Crippen LogP contribution in [0.1, 0.15) is 24.8 Å². The number of esters is 1. The maximum Gasteiger partial charge on any atom is 0.307 e. The van der Waals surface area contributed by atoms with Gasteiger partial charge in [-0.05, 0) is 38.1 Å². The maximum atomic E-state index is 12.1. The Morgan fingerprint density at radius 1 is 1.14 bits per heavy atom. The number of carbonyl (C=O) groups excluding carboxylic acids is 2. The van der Waals surface area contributed by atoms with E-state index in [-0.39, 0.29) is 12.8 Å². The highest BCUT2D eigenvalue weighted by atomic mass is 35.5. The van der Waals surface area contributed by atoms with Crippen molar-refractivity contribution in [3.05, 3.63) is 65.0 Å². The third-order valence-corrected chi connectivity index (χ3v) is 4.36. The SMILES string of the molecule is Cc1ccc(-c2noc(CCC(=O)OC(C)C(=O)Nc3ccc(Cl)cc3)n2)cc1. The van der Waals surface area contributed by atoms with Gasteiger partial charge in [0, 0.05) is 22.7 Å². The van der Waals surface area contributed by atoms with E-state index in [4.69, 9.17) is 20.9 Å². The summed E-state index contributed by atoms with van der Waals surface area (Å²) in [5, 5.41) is 7.15. The van der Waals surface area contributed by atoms with Crippen LogP contribution in [0.15, 0.2) is 53.1 Å². The summed E-state index contributed by atoms with van der Waals surface area (Å²) in [7, 11) is 0. The molecule has 0 spiro atoms. The monoisotopic (exact) mass is 413 g/mol. The van der Waals surface area contributed by atoms with E-state index < -0.39 is 18.0 Å². The van der Waals surface area contributed by atoms with Gasteiger partial charge in [-0.1, -0.05) is 46.6 Å². The quantitative estimate of drug-likeness (QED) is 0.583. The van der Waals surface area contributed by atoms with Gasteiger partial charge in [0.05, 0.1) is 6.42 Å². The van der Waals surface area contributed by atoms with Gasteiger partial charge in [-0.3, -0.25) is 9.59 Å². The van der Waals surface area contributed by atoms with Gasteiger partial charge in [0.1, 0.15) is 0 Å². The van der Waals surface area contributed by atoms with E-state index in [0.29, 0.717) is 22.4 Å². The van der Waals surface area contributed by atoms with Crippen LogP contribution in [0.4, 0.5) is 5.69 Å². The molecule has 0 saturated heterocycles. The van der Waals surface area contributed by atoms with Gasteiger partial charge in [-0.25, -0.2) is 0 Å². The molecule has 2 aromatic carbocycles. The van der Waals surface area contributed by atoms with E-state index in [0.717, 1.165) is 11.1 Å². The molecule has 1 unspecified atom stereocenters. The minimum absolute atomic E-state index is 0.0219. The van der Waals surface area contributed by atoms with Crippen molar-refractivity contribution in [1.29, 1.82) is 0 Å². The fourth-order valence-corrected chi connectivity index (χ4v) is 2.60. The Hall–Kier alpha value is -3.19. The van der Waals surface area contributed by atoms with Crippen LogP contribution in [0, 0.1) is 6.92 Å². The highest BCUT2D eigenvalue weighted by Crippen LogP contribution is 2.17. The molecule has 1 aromatic heterocycles. The highest BCUT2D eigenvalue weighted by molar-refractivity contribution is 6.30. The molecule has 3 aromatic rings.